The minimum atomic E-state index is 0.179. The second-order valence-electron chi connectivity index (χ2n) is 4.51. The highest BCUT2D eigenvalue weighted by Crippen LogP contribution is 2.41. The van der Waals surface area contributed by atoms with Crippen LogP contribution in [-0.4, -0.2) is 12.9 Å². The SMILES string of the molecule is O=Cc1ccc2c3c(ccc(C4CO4)c13)C=C2. The van der Waals surface area contributed by atoms with Gasteiger partial charge in [-0.3, -0.25) is 4.79 Å². The number of hydrogen-bond acceptors (Lipinski definition) is 2. The molecule has 1 unspecified atom stereocenters. The van der Waals surface area contributed by atoms with E-state index in [1.54, 1.807) is 0 Å². The standard InChI is InChI=1S/C15H10O2/c16-7-11-4-3-9-1-2-10-5-6-12(13-8-17-13)15(11)14(9)10/h1-7,13H,8H2. The van der Waals surface area contributed by atoms with E-state index in [0.29, 0.717) is 0 Å². The van der Waals surface area contributed by atoms with Gasteiger partial charge in [-0.05, 0) is 27.5 Å². The lowest BCUT2D eigenvalue weighted by Crippen LogP contribution is -1.92. The molecule has 1 atom stereocenters. The predicted molar refractivity (Wildman–Crippen MR) is 67.0 cm³/mol. The van der Waals surface area contributed by atoms with E-state index in [0.717, 1.165) is 29.4 Å². The van der Waals surface area contributed by atoms with Crippen molar-refractivity contribution in [3.63, 3.8) is 0 Å². The molecule has 1 aliphatic heterocycles. The molecular formula is C15H10O2. The van der Waals surface area contributed by atoms with Crippen LogP contribution in [0.2, 0.25) is 0 Å². The third-order valence-corrected chi connectivity index (χ3v) is 3.54. The summed E-state index contributed by atoms with van der Waals surface area (Å²) in [5, 5.41) is 2.27. The number of carbonyl (C=O) groups is 1. The Bertz CT molecular complexity index is 667. The van der Waals surface area contributed by atoms with Gasteiger partial charge in [-0.25, -0.2) is 0 Å². The molecule has 1 heterocycles. The fraction of sp³-hybridized carbons (Fsp3) is 0.133. The van der Waals surface area contributed by atoms with Crippen LogP contribution in [0, 0.1) is 0 Å². The van der Waals surface area contributed by atoms with E-state index in [9.17, 15) is 4.79 Å². The normalized spacial score (nSPS) is 19.9. The van der Waals surface area contributed by atoms with E-state index in [4.69, 9.17) is 4.74 Å². The van der Waals surface area contributed by atoms with E-state index in [-0.39, 0.29) is 6.10 Å². The molecule has 2 heteroatoms. The van der Waals surface area contributed by atoms with Gasteiger partial charge in [-0.15, -0.1) is 0 Å². The Labute approximate surface area is 98.5 Å². The van der Waals surface area contributed by atoms with E-state index in [1.165, 1.54) is 16.5 Å². The second kappa shape index (κ2) is 3.05. The van der Waals surface area contributed by atoms with E-state index in [1.807, 2.05) is 12.1 Å². The van der Waals surface area contributed by atoms with Gasteiger partial charge in [0.2, 0.25) is 0 Å². The zero-order valence-corrected chi connectivity index (χ0v) is 9.14. The lowest BCUT2D eigenvalue weighted by molar-refractivity contribution is 0.112. The molecule has 2 aliphatic rings. The van der Waals surface area contributed by atoms with E-state index in [2.05, 4.69) is 24.3 Å². The number of rotatable bonds is 2. The molecule has 1 aliphatic carbocycles. The summed E-state index contributed by atoms with van der Waals surface area (Å²) in [5.74, 6) is 0. The summed E-state index contributed by atoms with van der Waals surface area (Å²) >= 11 is 0. The fourth-order valence-corrected chi connectivity index (χ4v) is 2.65. The van der Waals surface area contributed by atoms with Crippen molar-refractivity contribution >= 4 is 29.2 Å². The van der Waals surface area contributed by atoms with Crippen LogP contribution in [-0.2, 0) is 4.74 Å². The first-order valence-electron chi connectivity index (χ1n) is 5.73. The largest absolute Gasteiger partial charge is 0.368 e. The molecule has 0 saturated carbocycles. The zero-order valence-electron chi connectivity index (χ0n) is 9.14. The average molecular weight is 222 g/mol. The van der Waals surface area contributed by atoms with Crippen LogP contribution < -0.4 is 0 Å². The highest BCUT2D eigenvalue weighted by molar-refractivity contribution is 6.11. The molecule has 82 valence electrons. The Balaban J connectivity index is 2.20. The molecule has 2 aromatic rings. The van der Waals surface area contributed by atoms with Gasteiger partial charge in [-0.2, -0.15) is 0 Å². The van der Waals surface area contributed by atoms with Crippen molar-refractivity contribution in [2.24, 2.45) is 0 Å². The zero-order chi connectivity index (χ0) is 11.4. The number of benzene rings is 2. The first-order chi connectivity index (χ1) is 8.38. The number of ether oxygens (including phenoxy) is 1. The molecule has 17 heavy (non-hydrogen) atoms. The molecule has 0 aromatic heterocycles. The van der Waals surface area contributed by atoms with Crippen LogP contribution in [0.1, 0.15) is 33.2 Å². The van der Waals surface area contributed by atoms with Crippen molar-refractivity contribution in [2.75, 3.05) is 6.61 Å². The van der Waals surface area contributed by atoms with Crippen LogP contribution in [0.15, 0.2) is 24.3 Å². The molecule has 1 saturated heterocycles. The van der Waals surface area contributed by atoms with Crippen molar-refractivity contribution in [1.82, 2.24) is 0 Å². The van der Waals surface area contributed by atoms with E-state index < -0.39 is 0 Å². The number of epoxide rings is 1. The van der Waals surface area contributed by atoms with Crippen LogP contribution in [0.4, 0.5) is 0 Å². The van der Waals surface area contributed by atoms with Gasteiger partial charge in [0.05, 0.1) is 6.61 Å². The molecule has 2 nitrogen and oxygen atoms in total. The molecule has 0 bridgehead atoms. The van der Waals surface area contributed by atoms with Gasteiger partial charge in [0.15, 0.2) is 6.29 Å². The highest BCUT2D eigenvalue weighted by atomic mass is 16.6. The summed E-state index contributed by atoms with van der Waals surface area (Å²) in [4.78, 5) is 11.2. The summed E-state index contributed by atoms with van der Waals surface area (Å²) in [6.07, 6.45) is 5.32. The Morgan fingerprint density at radius 1 is 1.06 bits per heavy atom. The van der Waals surface area contributed by atoms with Gasteiger partial charge in [0.1, 0.15) is 6.10 Å². The first-order valence-corrected chi connectivity index (χ1v) is 5.73. The van der Waals surface area contributed by atoms with E-state index >= 15 is 0 Å². The van der Waals surface area contributed by atoms with Crippen molar-refractivity contribution < 1.29 is 9.53 Å². The average Bonchev–Trinajstić information content (AvgIpc) is 3.12. The van der Waals surface area contributed by atoms with Crippen LogP contribution in [0.3, 0.4) is 0 Å². The van der Waals surface area contributed by atoms with Crippen LogP contribution in [0.25, 0.3) is 22.9 Å². The highest BCUT2D eigenvalue weighted by Gasteiger charge is 2.28. The maximum atomic E-state index is 11.2. The minimum Gasteiger partial charge on any atom is -0.368 e. The number of carbonyl (C=O) groups excluding carboxylic acids is 1. The second-order valence-corrected chi connectivity index (χ2v) is 4.51. The molecule has 4 rings (SSSR count). The molecule has 0 radical (unpaired) electrons. The lowest BCUT2D eigenvalue weighted by atomic mass is 9.94. The lowest BCUT2D eigenvalue weighted by Gasteiger charge is -2.09. The summed E-state index contributed by atoms with van der Waals surface area (Å²) < 4.78 is 5.37. The Morgan fingerprint density at radius 3 is 2.41 bits per heavy atom. The smallest absolute Gasteiger partial charge is 0.150 e. The Morgan fingerprint density at radius 2 is 1.76 bits per heavy atom. The van der Waals surface area contributed by atoms with Crippen molar-refractivity contribution in [1.29, 1.82) is 0 Å². The minimum absolute atomic E-state index is 0.179. The molecule has 0 amide bonds. The molecular weight excluding hydrogens is 212 g/mol. The summed E-state index contributed by atoms with van der Waals surface area (Å²) in [5.41, 5.74) is 4.31. The van der Waals surface area contributed by atoms with Crippen molar-refractivity contribution in [3.05, 3.63) is 46.5 Å². The summed E-state index contributed by atoms with van der Waals surface area (Å²) in [7, 11) is 0. The van der Waals surface area contributed by atoms with Gasteiger partial charge in [0.25, 0.3) is 0 Å². The monoisotopic (exact) mass is 222 g/mol. The maximum Gasteiger partial charge on any atom is 0.150 e. The van der Waals surface area contributed by atoms with Crippen molar-refractivity contribution in [3.8, 4) is 0 Å². The van der Waals surface area contributed by atoms with Crippen LogP contribution in [0.5, 0.6) is 0 Å². The fourth-order valence-electron chi connectivity index (χ4n) is 2.65. The summed E-state index contributed by atoms with van der Waals surface area (Å²) in [6.45, 7) is 0.768. The Kier molecular flexibility index (Phi) is 1.64. The third-order valence-electron chi connectivity index (χ3n) is 3.54. The summed E-state index contributed by atoms with van der Waals surface area (Å²) in [6, 6.07) is 8.11. The predicted octanol–water partition coefficient (Wildman–Crippen LogP) is 3.21. The maximum absolute atomic E-state index is 11.2. The number of aldehydes is 1. The quantitative estimate of drug-likeness (QED) is 0.492. The molecule has 1 fully saturated rings. The van der Waals surface area contributed by atoms with Gasteiger partial charge in [0, 0.05) is 5.56 Å². The Hall–Kier alpha value is -1.93. The van der Waals surface area contributed by atoms with Gasteiger partial charge >= 0.3 is 0 Å². The number of hydrogen-bond donors (Lipinski definition) is 0. The first kappa shape index (κ1) is 9.14. The van der Waals surface area contributed by atoms with Crippen LogP contribution >= 0.6 is 0 Å². The molecule has 2 aromatic carbocycles. The van der Waals surface area contributed by atoms with Gasteiger partial charge < -0.3 is 4.74 Å². The van der Waals surface area contributed by atoms with Crippen molar-refractivity contribution in [2.45, 2.75) is 6.10 Å². The topological polar surface area (TPSA) is 29.6 Å². The third kappa shape index (κ3) is 1.16. The molecule has 0 spiro atoms. The molecule has 0 N–H and O–H groups in total. The van der Waals surface area contributed by atoms with Gasteiger partial charge in [-0.1, -0.05) is 36.4 Å².